The van der Waals surface area contributed by atoms with E-state index in [2.05, 4.69) is 4.57 Å². The van der Waals surface area contributed by atoms with Crippen molar-refractivity contribution in [2.75, 3.05) is 19.3 Å². The normalized spacial score (nSPS) is 20.1. The van der Waals surface area contributed by atoms with Crippen LogP contribution in [0.25, 0.3) is 0 Å². The number of nitrogens with zero attached hydrogens (tertiary/aromatic N) is 2. The summed E-state index contributed by atoms with van der Waals surface area (Å²) in [7, 11) is 1.93. The summed E-state index contributed by atoms with van der Waals surface area (Å²) in [5.74, 6) is 0.804. The molecule has 1 heterocycles. The highest BCUT2D eigenvalue weighted by Crippen LogP contribution is 2.37. The molecule has 20 heavy (non-hydrogen) atoms. The number of nitrogens with two attached hydrogens (primary N) is 1. The molecule has 0 saturated heterocycles. The molecule has 1 amide bonds. The minimum absolute atomic E-state index is 0.124. The van der Waals surface area contributed by atoms with E-state index in [1.807, 2.05) is 24.2 Å². The van der Waals surface area contributed by atoms with Gasteiger partial charge in [0, 0.05) is 25.8 Å². The van der Waals surface area contributed by atoms with Crippen LogP contribution in [0.2, 0.25) is 0 Å². The lowest BCUT2D eigenvalue weighted by Gasteiger charge is -2.27. The van der Waals surface area contributed by atoms with E-state index in [0.717, 1.165) is 12.2 Å². The van der Waals surface area contributed by atoms with E-state index >= 15 is 0 Å². The van der Waals surface area contributed by atoms with Crippen molar-refractivity contribution in [3.63, 3.8) is 0 Å². The van der Waals surface area contributed by atoms with Gasteiger partial charge in [0.15, 0.2) is 0 Å². The highest BCUT2D eigenvalue weighted by atomic mass is 16.2. The van der Waals surface area contributed by atoms with Crippen LogP contribution in [0, 0.1) is 5.92 Å². The predicted octanol–water partition coefficient (Wildman–Crippen LogP) is 3.06. The van der Waals surface area contributed by atoms with Crippen LogP contribution in [0.4, 0.5) is 5.69 Å². The zero-order valence-electron chi connectivity index (χ0n) is 12.3. The fraction of sp³-hybridized carbons (Fsp3) is 0.688. The smallest absolute Gasteiger partial charge is 0.270 e. The fourth-order valence-corrected chi connectivity index (χ4v) is 3.36. The number of nitrogen functional groups attached to an aromatic ring is 1. The third-order valence-electron chi connectivity index (χ3n) is 4.63. The molecule has 2 N–H and O–H groups in total. The second kappa shape index (κ2) is 5.51. The molecule has 2 aliphatic rings. The van der Waals surface area contributed by atoms with Crippen molar-refractivity contribution in [1.82, 2.24) is 9.47 Å². The zero-order valence-corrected chi connectivity index (χ0v) is 12.3. The van der Waals surface area contributed by atoms with Gasteiger partial charge in [0.05, 0.1) is 5.69 Å². The number of aromatic nitrogens is 1. The van der Waals surface area contributed by atoms with Gasteiger partial charge in [-0.25, -0.2) is 0 Å². The number of amides is 1. The first-order chi connectivity index (χ1) is 9.65. The summed E-state index contributed by atoms with van der Waals surface area (Å²) in [6.07, 6.45) is 10.8. The quantitative estimate of drug-likeness (QED) is 0.918. The van der Waals surface area contributed by atoms with Gasteiger partial charge in [-0.05, 0) is 37.7 Å². The Bertz CT molecular complexity index is 484. The Morgan fingerprint density at radius 2 is 2.00 bits per heavy atom. The maximum Gasteiger partial charge on any atom is 0.270 e. The number of hydrogen-bond acceptors (Lipinski definition) is 2. The molecule has 4 nitrogen and oxygen atoms in total. The topological polar surface area (TPSA) is 51.3 Å². The average Bonchev–Trinajstić information content (AvgIpc) is 3.22. The lowest BCUT2D eigenvalue weighted by Crippen LogP contribution is -2.33. The molecule has 0 spiro atoms. The first kappa shape index (κ1) is 13.5. The van der Waals surface area contributed by atoms with Crippen LogP contribution in [0.5, 0.6) is 0 Å². The van der Waals surface area contributed by atoms with Gasteiger partial charge in [0.25, 0.3) is 5.91 Å². The highest BCUT2D eigenvalue weighted by molar-refractivity contribution is 5.93. The summed E-state index contributed by atoms with van der Waals surface area (Å²) in [5.41, 5.74) is 7.34. The van der Waals surface area contributed by atoms with Gasteiger partial charge in [0.2, 0.25) is 0 Å². The van der Waals surface area contributed by atoms with Crippen molar-refractivity contribution in [2.24, 2.45) is 5.92 Å². The molecule has 2 fully saturated rings. The molecule has 2 saturated carbocycles. The van der Waals surface area contributed by atoms with E-state index in [1.54, 1.807) is 0 Å². The Morgan fingerprint density at radius 3 is 2.65 bits per heavy atom. The molecule has 110 valence electrons. The van der Waals surface area contributed by atoms with Crippen LogP contribution in [0.3, 0.4) is 0 Å². The van der Waals surface area contributed by atoms with Gasteiger partial charge < -0.3 is 15.2 Å². The van der Waals surface area contributed by atoms with E-state index in [0.29, 0.717) is 17.6 Å². The summed E-state index contributed by atoms with van der Waals surface area (Å²) < 4.78 is 2.08. The molecule has 0 unspecified atom stereocenters. The molecule has 4 heteroatoms. The van der Waals surface area contributed by atoms with E-state index in [4.69, 9.17) is 5.73 Å². The van der Waals surface area contributed by atoms with Crippen molar-refractivity contribution in [3.05, 3.63) is 18.0 Å². The first-order valence-corrected chi connectivity index (χ1v) is 7.88. The summed E-state index contributed by atoms with van der Waals surface area (Å²) in [5, 5.41) is 0. The highest BCUT2D eigenvalue weighted by Gasteiger charge is 2.29. The average molecular weight is 275 g/mol. The first-order valence-electron chi connectivity index (χ1n) is 7.88. The predicted molar refractivity (Wildman–Crippen MR) is 80.7 cm³/mol. The lowest BCUT2D eigenvalue weighted by molar-refractivity contribution is 0.0749. The number of hydrogen-bond donors (Lipinski definition) is 1. The zero-order chi connectivity index (χ0) is 14.1. The van der Waals surface area contributed by atoms with Crippen molar-refractivity contribution >= 4 is 11.6 Å². The third kappa shape index (κ3) is 2.84. The van der Waals surface area contributed by atoms with E-state index in [-0.39, 0.29) is 5.91 Å². The van der Waals surface area contributed by atoms with Crippen molar-refractivity contribution in [3.8, 4) is 0 Å². The minimum Gasteiger partial charge on any atom is -0.397 e. The Labute approximate surface area is 120 Å². The maximum absolute atomic E-state index is 12.6. The largest absolute Gasteiger partial charge is 0.397 e. The molecule has 1 aromatic heterocycles. The summed E-state index contributed by atoms with van der Waals surface area (Å²) in [4.78, 5) is 14.5. The van der Waals surface area contributed by atoms with Crippen LogP contribution in [-0.2, 0) is 0 Å². The van der Waals surface area contributed by atoms with E-state index in [9.17, 15) is 4.79 Å². The lowest BCUT2D eigenvalue weighted by atomic mass is 9.89. The van der Waals surface area contributed by atoms with Crippen molar-refractivity contribution < 1.29 is 4.79 Å². The summed E-state index contributed by atoms with van der Waals surface area (Å²) in [6.45, 7) is 0.884. The Balaban J connectivity index is 1.68. The van der Waals surface area contributed by atoms with Gasteiger partial charge in [-0.1, -0.05) is 19.3 Å². The van der Waals surface area contributed by atoms with Gasteiger partial charge in [-0.15, -0.1) is 0 Å². The molecule has 0 radical (unpaired) electrons. The molecule has 0 aliphatic heterocycles. The number of carbonyl (C=O) groups is 1. The molecule has 2 aliphatic carbocycles. The molecular weight excluding hydrogens is 250 g/mol. The second-order valence-corrected chi connectivity index (χ2v) is 6.49. The van der Waals surface area contributed by atoms with E-state index in [1.165, 1.54) is 44.9 Å². The fourth-order valence-electron chi connectivity index (χ4n) is 3.36. The summed E-state index contributed by atoms with van der Waals surface area (Å²) >= 11 is 0. The van der Waals surface area contributed by atoms with Crippen LogP contribution < -0.4 is 5.73 Å². The Hall–Kier alpha value is -1.45. The number of rotatable bonds is 4. The number of anilines is 1. The second-order valence-electron chi connectivity index (χ2n) is 6.49. The van der Waals surface area contributed by atoms with Gasteiger partial charge in [-0.2, -0.15) is 0 Å². The summed E-state index contributed by atoms with van der Waals surface area (Å²) in [6, 6.07) is 2.33. The SMILES string of the molecule is CN(CC1CCCCC1)C(=O)c1cc(N)cn1C1CC1. The Kier molecular flexibility index (Phi) is 3.72. The minimum atomic E-state index is 0.124. The monoisotopic (exact) mass is 275 g/mol. The molecule has 0 aromatic carbocycles. The Morgan fingerprint density at radius 1 is 1.30 bits per heavy atom. The van der Waals surface area contributed by atoms with Gasteiger partial charge in [0.1, 0.15) is 5.69 Å². The third-order valence-corrected chi connectivity index (χ3v) is 4.63. The van der Waals surface area contributed by atoms with Crippen LogP contribution >= 0.6 is 0 Å². The molecular formula is C16H25N3O. The molecule has 1 aromatic rings. The van der Waals surface area contributed by atoms with Crippen LogP contribution in [0.1, 0.15) is 61.5 Å². The van der Waals surface area contributed by atoms with Crippen molar-refractivity contribution in [1.29, 1.82) is 0 Å². The molecule has 0 bridgehead atoms. The molecule has 0 atom stereocenters. The standard InChI is InChI=1S/C16H25N3O/c1-18(10-12-5-3-2-4-6-12)16(20)15-9-13(17)11-19(15)14-7-8-14/h9,11-12,14H,2-8,10,17H2,1H3. The van der Waals surface area contributed by atoms with E-state index < -0.39 is 0 Å². The van der Waals surface area contributed by atoms with Crippen LogP contribution in [-0.4, -0.2) is 29.0 Å². The van der Waals surface area contributed by atoms with Crippen molar-refractivity contribution in [2.45, 2.75) is 51.0 Å². The number of carbonyl (C=O) groups excluding carboxylic acids is 1. The molecule has 3 rings (SSSR count). The van der Waals surface area contributed by atoms with Crippen LogP contribution in [0.15, 0.2) is 12.3 Å². The van der Waals surface area contributed by atoms with Gasteiger partial charge in [-0.3, -0.25) is 4.79 Å². The van der Waals surface area contributed by atoms with Gasteiger partial charge >= 0.3 is 0 Å². The maximum atomic E-state index is 12.6.